The Hall–Kier alpha value is -2.93. The number of anilines is 1. The Morgan fingerprint density at radius 1 is 1.15 bits per heavy atom. The van der Waals surface area contributed by atoms with E-state index in [0.29, 0.717) is 6.54 Å². The van der Waals surface area contributed by atoms with Crippen molar-refractivity contribution in [1.29, 1.82) is 0 Å². The third-order valence-corrected chi connectivity index (χ3v) is 4.71. The minimum atomic E-state index is -0.690. The normalized spacial score (nSPS) is 11.8. The summed E-state index contributed by atoms with van der Waals surface area (Å²) in [6.07, 6.45) is 0. The lowest BCUT2D eigenvalue weighted by Crippen LogP contribution is -2.43. The predicted octanol–water partition coefficient (Wildman–Crippen LogP) is 3.60. The average Bonchev–Trinajstić information content (AvgIpc) is 2.99. The number of carbonyl (C=O) groups is 2. The maximum atomic E-state index is 12.7. The third-order valence-electron chi connectivity index (χ3n) is 3.78. The molecule has 0 aliphatic heterocycles. The van der Waals surface area contributed by atoms with E-state index in [4.69, 9.17) is 0 Å². The summed E-state index contributed by atoms with van der Waals surface area (Å²) < 4.78 is 1.04. The topological polar surface area (TPSA) is 83.1 Å². The molecule has 0 aliphatic rings. The van der Waals surface area contributed by atoms with Crippen molar-refractivity contribution in [1.82, 2.24) is 15.6 Å². The van der Waals surface area contributed by atoms with Gasteiger partial charge in [0.25, 0.3) is 5.91 Å². The molecule has 2 aromatic carbocycles. The van der Waals surface area contributed by atoms with Crippen LogP contribution in [0.2, 0.25) is 0 Å². The number of imide groups is 1. The fraction of sp³-hybridized carbons (Fsp3) is 0.211. The summed E-state index contributed by atoms with van der Waals surface area (Å²) in [5.41, 5.74) is 2.50. The van der Waals surface area contributed by atoms with Crippen molar-refractivity contribution in [2.45, 2.75) is 19.9 Å². The molecule has 0 saturated carbocycles. The number of amides is 3. The molecule has 1 heterocycles. The van der Waals surface area contributed by atoms with Gasteiger partial charge in [-0.05, 0) is 37.6 Å². The molecule has 3 N–H and O–H groups in total. The summed E-state index contributed by atoms with van der Waals surface area (Å²) in [5, 5.41) is 9.17. The Kier molecular flexibility index (Phi) is 5.48. The van der Waals surface area contributed by atoms with Crippen LogP contribution in [0.1, 0.15) is 23.5 Å². The van der Waals surface area contributed by atoms with Gasteiger partial charge in [0.15, 0.2) is 0 Å². The lowest BCUT2D eigenvalue weighted by Gasteiger charge is -2.19. The summed E-state index contributed by atoms with van der Waals surface area (Å²) in [6.45, 7) is 4.21. The highest BCUT2D eigenvalue weighted by atomic mass is 32.1. The molecule has 3 amide bonds. The molecule has 0 spiro atoms. The van der Waals surface area contributed by atoms with Gasteiger partial charge in [0.05, 0.1) is 15.2 Å². The first-order valence-corrected chi connectivity index (χ1v) is 9.16. The molecular formula is C19H20N4O2S. The van der Waals surface area contributed by atoms with E-state index in [1.165, 1.54) is 0 Å². The maximum absolute atomic E-state index is 12.7. The molecule has 0 saturated heterocycles. The average molecular weight is 368 g/mol. The summed E-state index contributed by atoms with van der Waals surface area (Å²) in [7, 11) is 0. The third kappa shape index (κ3) is 4.18. The molecule has 0 bridgehead atoms. The van der Waals surface area contributed by atoms with Gasteiger partial charge in [-0.15, -0.1) is 11.3 Å². The molecule has 26 heavy (non-hydrogen) atoms. The number of nitrogens with zero attached hydrogens (tertiary/aromatic N) is 1. The minimum Gasteiger partial charge on any atom is -0.370 e. The van der Waals surface area contributed by atoms with E-state index in [0.717, 1.165) is 26.5 Å². The van der Waals surface area contributed by atoms with Crippen LogP contribution in [-0.4, -0.2) is 23.5 Å². The second-order valence-corrected chi connectivity index (χ2v) is 6.99. The molecule has 0 aliphatic carbocycles. The van der Waals surface area contributed by atoms with Gasteiger partial charge in [-0.25, -0.2) is 9.78 Å². The molecule has 0 radical (unpaired) electrons. The highest BCUT2D eigenvalue weighted by Gasteiger charge is 2.22. The Balaban J connectivity index is 1.86. The summed E-state index contributed by atoms with van der Waals surface area (Å²) >= 11 is 1.60. The molecule has 6 nitrogen and oxygen atoms in total. The Morgan fingerprint density at radius 2 is 1.92 bits per heavy atom. The van der Waals surface area contributed by atoms with Crippen molar-refractivity contribution >= 4 is 39.2 Å². The molecular weight excluding hydrogens is 348 g/mol. The Labute approximate surface area is 155 Å². The quantitative estimate of drug-likeness (QED) is 0.642. The Bertz CT molecular complexity index is 924. The second kappa shape index (κ2) is 7.97. The molecule has 134 valence electrons. The van der Waals surface area contributed by atoms with E-state index < -0.39 is 18.0 Å². The number of urea groups is 1. The van der Waals surface area contributed by atoms with Crippen LogP contribution in [0.4, 0.5) is 10.5 Å². The second-order valence-electron chi connectivity index (χ2n) is 5.75. The molecule has 1 atom stereocenters. The number of benzene rings is 2. The van der Waals surface area contributed by atoms with Crippen molar-refractivity contribution in [3.05, 3.63) is 59.1 Å². The maximum Gasteiger partial charge on any atom is 0.321 e. The van der Waals surface area contributed by atoms with E-state index in [1.54, 1.807) is 18.3 Å². The molecule has 0 fully saturated rings. The largest absolute Gasteiger partial charge is 0.370 e. The number of fused-ring (bicyclic) bond motifs is 1. The SMILES string of the molecule is CCNC(=O)NC(=O)[C@H](Nc1ccc2nc(C)sc2c1)c1ccccc1. The summed E-state index contributed by atoms with van der Waals surface area (Å²) in [5.74, 6) is -0.414. The zero-order valence-corrected chi connectivity index (χ0v) is 15.4. The van der Waals surface area contributed by atoms with Crippen molar-refractivity contribution in [3.8, 4) is 0 Å². The molecule has 1 aromatic heterocycles. The van der Waals surface area contributed by atoms with Crippen LogP contribution in [0, 0.1) is 6.92 Å². The van der Waals surface area contributed by atoms with E-state index in [-0.39, 0.29) is 0 Å². The van der Waals surface area contributed by atoms with E-state index in [2.05, 4.69) is 20.9 Å². The van der Waals surface area contributed by atoms with Crippen LogP contribution in [0.3, 0.4) is 0 Å². The van der Waals surface area contributed by atoms with Crippen molar-refractivity contribution in [2.24, 2.45) is 0 Å². The van der Waals surface area contributed by atoms with E-state index in [9.17, 15) is 9.59 Å². The molecule has 0 unspecified atom stereocenters. The van der Waals surface area contributed by atoms with Crippen molar-refractivity contribution in [2.75, 3.05) is 11.9 Å². The zero-order valence-electron chi connectivity index (χ0n) is 14.6. The number of thiazole rings is 1. The fourth-order valence-electron chi connectivity index (χ4n) is 2.63. The van der Waals surface area contributed by atoms with Crippen molar-refractivity contribution in [3.63, 3.8) is 0 Å². The van der Waals surface area contributed by atoms with Crippen LogP contribution in [0.25, 0.3) is 10.2 Å². The predicted molar refractivity (Wildman–Crippen MR) is 104 cm³/mol. The molecule has 7 heteroatoms. The highest BCUT2D eigenvalue weighted by molar-refractivity contribution is 7.18. The van der Waals surface area contributed by atoms with Gasteiger partial charge < -0.3 is 10.6 Å². The van der Waals surface area contributed by atoms with Crippen LogP contribution >= 0.6 is 11.3 Å². The minimum absolute atomic E-state index is 0.414. The fourth-order valence-corrected chi connectivity index (χ4v) is 3.50. The lowest BCUT2D eigenvalue weighted by molar-refractivity contribution is -0.120. The first kappa shape index (κ1) is 17.9. The smallest absolute Gasteiger partial charge is 0.321 e. The Morgan fingerprint density at radius 3 is 2.65 bits per heavy atom. The van der Waals surface area contributed by atoms with Crippen LogP contribution in [0.5, 0.6) is 0 Å². The van der Waals surface area contributed by atoms with Gasteiger partial charge in [-0.1, -0.05) is 30.3 Å². The number of nitrogens with one attached hydrogen (secondary N) is 3. The number of aromatic nitrogens is 1. The molecule has 3 aromatic rings. The van der Waals surface area contributed by atoms with Gasteiger partial charge >= 0.3 is 6.03 Å². The first-order valence-electron chi connectivity index (χ1n) is 8.34. The van der Waals surface area contributed by atoms with Gasteiger partial charge in [-0.3, -0.25) is 10.1 Å². The zero-order chi connectivity index (χ0) is 18.5. The number of aryl methyl sites for hydroxylation is 1. The van der Waals surface area contributed by atoms with Crippen molar-refractivity contribution < 1.29 is 9.59 Å². The van der Waals surface area contributed by atoms with Gasteiger partial charge in [0, 0.05) is 12.2 Å². The summed E-state index contributed by atoms with van der Waals surface area (Å²) in [6, 6.07) is 13.9. The number of carbonyl (C=O) groups excluding carboxylic acids is 2. The standard InChI is InChI=1S/C19H20N4O2S/c1-3-20-19(25)23-18(24)17(13-7-5-4-6-8-13)22-14-9-10-15-16(11-14)26-12(2)21-15/h4-11,17,22H,3H2,1-2H3,(H2,20,23,24,25)/t17-/m1/s1. The highest BCUT2D eigenvalue weighted by Crippen LogP contribution is 2.27. The lowest BCUT2D eigenvalue weighted by atomic mass is 10.1. The number of hydrogen-bond donors (Lipinski definition) is 3. The van der Waals surface area contributed by atoms with E-state index in [1.807, 2.05) is 55.5 Å². The molecule has 3 rings (SSSR count). The number of rotatable bonds is 5. The van der Waals surface area contributed by atoms with Crippen LogP contribution < -0.4 is 16.0 Å². The van der Waals surface area contributed by atoms with Gasteiger partial charge in [0.2, 0.25) is 0 Å². The summed E-state index contributed by atoms with van der Waals surface area (Å²) in [4.78, 5) is 28.8. The van der Waals surface area contributed by atoms with Gasteiger partial charge in [0.1, 0.15) is 6.04 Å². The van der Waals surface area contributed by atoms with E-state index >= 15 is 0 Å². The van der Waals surface area contributed by atoms with Crippen LogP contribution in [-0.2, 0) is 4.79 Å². The monoisotopic (exact) mass is 368 g/mol. The number of hydrogen-bond acceptors (Lipinski definition) is 5. The van der Waals surface area contributed by atoms with Gasteiger partial charge in [-0.2, -0.15) is 0 Å². The van der Waals surface area contributed by atoms with Crippen LogP contribution in [0.15, 0.2) is 48.5 Å². The first-order chi connectivity index (χ1) is 12.6.